The van der Waals surface area contributed by atoms with Crippen LogP contribution in [0.5, 0.6) is 0 Å². The Morgan fingerprint density at radius 3 is 2.88 bits per heavy atom. The molecule has 0 aliphatic carbocycles. The molecule has 0 atom stereocenters. The van der Waals surface area contributed by atoms with Gasteiger partial charge in [0.25, 0.3) is 0 Å². The maximum Gasteiger partial charge on any atom is 0.216 e. The predicted molar refractivity (Wildman–Crippen MR) is 70.0 cm³/mol. The zero-order valence-electron chi connectivity index (χ0n) is 10.3. The van der Waals surface area contributed by atoms with Crippen molar-refractivity contribution in [3.63, 3.8) is 0 Å². The Bertz CT molecular complexity index is 528. The van der Waals surface area contributed by atoms with Crippen LogP contribution in [0.15, 0.2) is 24.3 Å². The van der Waals surface area contributed by atoms with Crippen LogP contribution in [-0.4, -0.2) is 17.4 Å². The van der Waals surface area contributed by atoms with E-state index in [9.17, 15) is 4.79 Å². The van der Waals surface area contributed by atoms with Gasteiger partial charge in [-0.3, -0.25) is 4.79 Å². The Labute approximate surface area is 101 Å². The number of para-hydroxylation sites is 1. The molecule has 0 saturated heterocycles. The standard InChI is InChI=1S/C14H18N2O/c1-10-12(7-5-9-15-11(2)17)13-6-3-4-8-14(13)16-10/h3-4,6,8,16H,5,7,9H2,1-2H3,(H,15,17). The second-order valence-electron chi connectivity index (χ2n) is 4.36. The van der Waals surface area contributed by atoms with E-state index in [1.807, 2.05) is 6.07 Å². The van der Waals surface area contributed by atoms with E-state index in [1.54, 1.807) is 6.92 Å². The predicted octanol–water partition coefficient (Wildman–Crippen LogP) is 2.55. The Kier molecular flexibility index (Phi) is 3.47. The highest BCUT2D eigenvalue weighted by atomic mass is 16.1. The van der Waals surface area contributed by atoms with Crippen molar-refractivity contribution in [2.45, 2.75) is 26.7 Å². The lowest BCUT2D eigenvalue weighted by atomic mass is 10.1. The van der Waals surface area contributed by atoms with Gasteiger partial charge in [0.05, 0.1) is 0 Å². The number of fused-ring (bicyclic) bond motifs is 1. The number of aryl methyl sites for hydroxylation is 2. The Morgan fingerprint density at radius 1 is 1.35 bits per heavy atom. The second-order valence-corrected chi connectivity index (χ2v) is 4.36. The molecule has 1 aromatic heterocycles. The fourth-order valence-electron chi connectivity index (χ4n) is 2.19. The van der Waals surface area contributed by atoms with Crippen LogP contribution < -0.4 is 5.32 Å². The van der Waals surface area contributed by atoms with Gasteiger partial charge in [0.2, 0.25) is 5.91 Å². The normalized spacial score (nSPS) is 10.7. The average molecular weight is 230 g/mol. The van der Waals surface area contributed by atoms with Crippen LogP contribution in [0.25, 0.3) is 10.9 Å². The highest BCUT2D eigenvalue weighted by Crippen LogP contribution is 2.22. The van der Waals surface area contributed by atoms with E-state index in [4.69, 9.17) is 0 Å². The van der Waals surface area contributed by atoms with Gasteiger partial charge in [-0.15, -0.1) is 0 Å². The third-order valence-electron chi connectivity index (χ3n) is 3.00. The smallest absolute Gasteiger partial charge is 0.216 e. The van der Waals surface area contributed by atoms with Crippen molar-refractivity contribution < 1.29 is 4.79 Å². The zero-order valence-corrected chi connectivity index (χ0v) is 10.3. The van der Waals surface area contributed by atoms with Crippen LogP contribution in [0, 0.1) is 6.92 Å². The minimum Gasteiger partial charge on any atom is -0.358 e. The molecule has 1 amide bonds. The molecule has 1 aromatic carbocycles. The molecule has 2 aromatic rings. The van der Waals surface area contributed by atoms with Gasteiger partial charge in [0, 0.05) is 30.1 Å². The third kappa shape index (κ3) is 2.67. The van der Waals surface area contributed by atoms with Crippen molar-refractivity contribution in [1.29, 1.82) is 0 Å². The Balaban J connectivity index is 2.07. The molecule has 2 rings (SSSR count). The van der Waals surface area contributed by atoms with Gasteiger partial charge in [0.1, 0.15) is 0 Å². The molecule has 0 saturated carbocycles. The molecule has 90 valence electrons. The van der Waals surface area contributed by atoms with E-state index in [2.05, 4.69) is 35.4 Å². The summed E-state index contributed by atoms with van der Waals surface area (Å²) in [5.41, 5.74) is 3.79. The number of aromatic amines is 1. The van der Waals surface area contributed by atoms with Gasteiger partial charge >= 0.3 is 0 Å². The van der Waals surface area contributed by atoms with E-state index in [0.717, 1.165) is 19.4 Å². The van der Waals surface area contributed by atoms with Crippen LogP contribution in [-0.2, 0) is 11.2 Å². The Morgan fingerprint density at radius 2 is 2.12 bits per heavy atom. The van der Waals surface area contributed by atoms with E-state index in [1.165, 1.54) is 22.2 Å². The first-order valence-electron chi connectivity index (χ1n) is 5.99. The lowest BCUT2D eigenvalue weighted by Gasteiger charge is -2.03. The molecule has 0 spiro atoms. The van der Waals surface area contributed by atoms with Crippen molar-refractivity contribution in [1.82, 2.24) is 10.3 Å². The number of hydrogen-bond acceptors (Lipinski definition) is 1. The average Bonchev–Trinajstić information content (AvgIpc) is 2.60. The fourth-order valence-corrected chi connectivity index (χ4v) is 2.19. The monoisotopic (exact) mass is 230 g/mol. The van der Waals surface area contributed by atoms with E-state index in [-0.39, 0.29) is 5.91 Å². The largest absolute Gasteiger partial charge is 0.358 e. The maximum atomic E-state index is 10.8. The summed E-state index contributed by atoms with van der Waals surface area (Å²) < 4.78 is 0. The number of nitrogens with one attached hydrogen (secondary N) is 2. The van der Waals surface area contributed by atoms with Crippen molar-refractivity contribution >= 4 is 16.8 Å². The van der Waals surface area contributed by atoms with Crippen molar-refractivity contribution in [3.8, 4) is 0 Å². The number of carbonyl (C=O) groups is 1. The molecule has 3 nitrogen and oxygen atoms in total. The molecule has 2 N–H and O–H groups in total. The molecule has 0 unspecified atom stereocenters. The number of hydrogen-bond donors (Lipinski definition) is 2. The fraction of sp³-hybridized carbons (Fsp3) is 0.357. The summed E-state index contributed by atoms with van der Waals surface area (Å²) >= 11 is 0. The minimum atomic E-state index is 0.0423. The number of rotatable bonds is 4. The zero-order chi connectivity index (χ0) is 12.3. The Hall–Kier alpha value is -1.77. The van der Waals surface area contributed by atoms with Crippen molar-refractivity contribution in [2.75, 3.05) is 6.54 Å². The summed E-state index contributed by atoms with van der Waals surface area (Å²) in [6.45, 7) is 4.40. The molecule has 0 fully saturated rings. The van der Waals surface area contributed by atoms with Gasteiger partial charge in [-0.2, -0.15) is 0 Å². The lowest BCUT2D eigenvalue weighted by molar-refractivity contribution is -0.118. The van der Waals surface area contributed by atoms with Gasteiger partial charge in [-0.1, -0.05) is 18.2 Å². The lowest BCUT2D eigenvalue weighted by Crippen LogP contribution is -2.21. The van der Waals surface area contributed by atoms with E-state index >= 15 is 0 Å². The molecule has 0 radical (unpaired) electrons. The molecule has 17 heavy (non-hydrogen) atoms. The van der Waals surface area contributed by atoms with Gasteiger partial charge in [0.15, 0.2) is 0 Å². The SMILES string of the molecule is CC(=O)NCCCc1c(C)[nH]c2ccccc12. The van der Waals surface area contributed by atoms with Crippen LogP contribution >= 0.6 is 0 Å². The summed E-state index contributed by atoms with van der Waals surface area (Å²) in [6.07, 6.45) is 1.97. The molecule has 1 heterocycles. The first kappa shape index (κ1) is 11.7. The third-order valence-corrected chi connectivity index (χ3v) is 3.00. The van der Waals surface area contributed by atoms with E-state index < -0.39 is 0 Å². The number of aromatic nitrogens is 1. The van der Waals surface area contributed by atoms with Crippen molar-refractivity contribution in [2.24, 2.45) is 0 Å². The summed E-state index contributed by atoms with van der Waals surface area (Å²) in [4.78, 5) is 14.2. The van der Waals surface area contributed by atoms with Crippen LogP contribution in [0.1, 0.15) is 24.6 Å². The number of amides is 1. The summed E-state index contributed by atoms with van der Waals surface area (Å²) in [7, 11) is 0. The van der Waals surface area contributed by atoms with E-state index in [0.29, 0.717) is 0 Å². The molecule has 0 aliphatic rings. The van der Waals surface area contributed by atoms with Crippen LogP contribution in [0.4, 0.5) is 0 Å². The molecule has 0 aliphatic heterocycles. The van der Waals surface area contributed by atoms with Gasteiger partial charge in [-0.05, 0) is 31.4 Å². The van der Waals surface area contributed by atoms with Gasteiger partial charge < -0.3 is 10.3 Å². The molecule has 0 bridgehead atoms. The highest BCUT2D eigenvalue weighted by Gasteiger charge is 2.06. The second kappa shape index (κ2) is 5.04. The quantitative estimate of drug-likeness (QED) is 0.779. The maximum absolute atomic E-state index is 10.8. The molecule has 3 heteroatoms. The highest BCUT2D eigenvalue weighted by molar-refractivity contribution is 5.84. The topological polar surface area (TPSA) is 44.9 Å². The van der Waals surface area contributed by atoms with Gasteiger partial charge in [-0.25, -0.2) is 0 Å². The molecular weight excluding hydrogens is 212 g/mol. The summed E-state index contributed by atoms with van der Waals surface area (Å²) in [6, 6.07) is 8.35. The van der Waals surface area contributed by atoms with Crippen LogP contribution in [0.2, 0.25) is 0 Å². The number of H-pyrrole nitrogens is 1. The number of carbonyl (C=O) groups excluding carboxylic acids is 1. The molecular formula is C14H18N2O. The van der Waals surface area contributed by atoms with Crippen LogP contribution in [0.3, 0.4) is 0 Å². The van der Waals surface area contributed by atoms with Crippen molar-refractivity contribution in [3.05, 3.63) is 35.5 Å². The summed E-state index contributed by atoms with van der Waals surface area (Å²) in [5.74, 6) is 0.0423. The first-order chi connectivity index (χ1) is 8.18. The minimum absolute atomic E-state index is 0.0423. The number of benzene rings is 1. The summed E-state index contributed by atoms with van der Waals surface area (Å²) in [5, 5.41) is 4.13. The first-order valence-corrected chi connectivity index (χ1v) is 5.99.